The molecule has 1 aliphatic heterocycles. The minimum atomic E-state index is -0.410. The van der Waals surface area contributed by atoms with Gasteiger partial charge < -0.3 is 0 Å². The Morgan fingerprint density at radius 3 is 1.67 bits per heavy atom. The highest BCUT2D eigenvalue weighted by atomic mass is 32.2. The molecule has 0 amide bonds. The molecule has 0 bridgehead atoms. The largest absolute Gasteiger partial charge is 0.0888 e. The minimum absolute atomic E-state index is 0.410. The van der Waals surface area contributed by atoms with Crippen LogP contribution in [0.4, 0.5) is 0 Å². The second-order valence-electron chi connectivity index (χ2n) is 14.3. The Morgan fingerprint density at radius 2 is 0.865 bits per heavy atom. The number of benzene rings is 9. The van der Waals surface area contributed by atoms with Crippen LogP contribution in [-0.4, -0.2) is 0 Å². The van der Waals surface area contributed by atoms with Crippen LogP contribution >= 0.6 is 11.8 Å². The molecule has 1 spiro atoms. The van der Waals surface area contributed by atoms with Crippen LogP contribution in [0, 0.1) is 0 Å². The first-order valence-electron chi connectivity index (χ1n) is 18.1. The summed E-state index contributed by atoms with van der Waals surface area (Å²) in [5.41, 5.74) is 18.0. The van der Waals surface area contributed by atoms with Crippen molar-refractivity contribution in [1.82, 2.24) is 0 Å². The Balaban J connectivity index is 1.04. The summed E-state index contributed by atoms with van der Waals surface area (Å²) in [4.78, 5) is 2.66. The van der Waals surface area contributed by atoms with Crippen LogP contribution in [0.25, 0.3) is 77.2 Å². The van der Waals surface area contributed by atoms with Gasteiger partial charge in [-0.3, -0.25) is 0 Å². The predicted molar refractivity (Wildman–Crippen MR) is 218 cm³/mol. The third-order valence-corrected chi connectivity index (χ3v) is 13.0. The Bertz CT molecular complexity index is 2980. The van der Waals surface area contributed by atoms with Crippen LogP contribution in [0.1, 0.15) is 22.3 Å². The van der Waals surface area contributed by atoms with Crippen molar-refractivity contribution in [2.75, 3.05) is 0 Å². The third-order valence-electron chi connectivity index (χ3n) is 11.9. The molecule has 0 fully saturated rings. The van der Waals surface area contributed by atoms with Crippen LogP contribution < -0.4 is 0 Å². The molecule has 0 radical (unpaired) electrons. The molecule has 1 atom stereocenters. The topological polar surface area (TPSA) is 0 Å². The van der Waals surface area contributed by atoms with E-state index in [0.717, 1.165) is 0 Å². The SMILES string of the molecule is c1ccc2c(c1)Sc1ccc(-c3ccc(-c4ccc5c(c4)C4(c6ccccc6-5)c5ccccc5-c5cccc6cccc4c56)cc3)c3cccc-2c13. The van der Waals surface area contributed by atoms with E-state index in [1.165, 1.54) is 109 Å². The Labute approximate surface area is 307 Å². The molecule has 2 aliphatic carbocycles. The molecule has 9 aromatic rings. The van der Waals surface area contributed by atoms with Gasteiger partial charge in [-0.2, -0.15) is 0 Å². The van der Waals surface area contributed by atoms with E-state index in [0.29, 0.717) is 0 Å². The van der Waals surface area contributed by atoms with Crippen molar-refractivity contribution in [3.63, 3.8) is 0 Å². The first kappa shape index (κ1) is 28.5. The molecule has 240 valence electrons. The molecule has 0 nitrogen and oxygen atoms in total. The highest BCUT2D eigenvalue weighted by Crippen LogP contribution is 2.62. The van der Waals surface area contributed by atoms with Gasteiger partial charge in [0.2, 0.25) is 0 Å². The fraction of sp³-hybridized carbons (Fsp3) is 0.0196. The summed E-state index contributed by atoms with van der Waals surface area (Å²) in [6.45, 7) is 0. The first-order valence-corrected chi connectivity index (χ1v) is 18.9. The highest BCUT2D eigenvalue weighted by Gasteiger charge is 2.50. The van der Waals surface area contributed by atoms with Crippen molar-refractivity contribution in [2.45, 2.75) is 15.2 Å². The number of rotatable bonds is 2. The van der Waals surface area contributed by atoms with Crippen molar-refractivity contribution in [3.05, 3.63) is 204 Å². The van der Waals surface area contributed by atoms with Crippen molar-refractivity contribution in [3.8, 4) is 55.6 Å². The van der Waals surface area contributed by atoms with Crippen LogP contribution in [0.15, 0.2) is 192 Å². The first-order chi connectivity index (χ1) is 25.8. The normalized spacial score (nSPS) is 15.7. The maximum absolute atomic E-state index is 2.49. The minimum Gasteiger partial charge on any atom is -0.0888 e. The molecule has 52 heavy (non-hydrogen) atoms. The van der Waals surface area contributed by atoms with Gasteiger partial charge in [-0.05, 0) is 112 Å². The Hall–Kier alpha value is -6.15. The molecule has 9 aromatic carbocycles. The standard InChI is InChI=1S/C51H30S/c1-4-18-43-36(12-1)38-27-26-34(30-46(38)51(43)44-19-5-2-13-37(44)41-15-7-10-33-11-8-20-45(51)49(33)41)31-22-24-32(25-23-31)35-28-29-48-50-40(35)16-9-17-42(50)39-14-3-6-21-47(39)52-48/h1-30H. The third kappa shape index (κ3) is 3.63. The van der Waals surface area contributed by atoms with Gasteiger partial charge >= 0.3 is 0 Å². The van der Waals surface area contributed by atoms with E-state index < -0.39 is 5.41 Å². The zero-order valence-corrected chi connectivity index (χ0v) is 29.0. The second-order valence-corrected chi connectivity index (χ2v) is 15.4. The molecule has 3 aliphatic rings. The van der Waals surface area contributed by atoms with Gasteiger partial charge in [0.25, 0.3) is 0 Å². The summed E-state index contributed by atoms with van der Waals surface area (Å²) >= 11 is 1.88. The number of hydrogen-bond acceptors (Lipinski definition) is 1. The van der Waals surface area contributed by atoms with Crippen LogP contribution in [0.5, 0.6) is 0 Å². The fourth-order valence-electron chi connectivity index (χ4n) is 9.78. The Kier molecular flexibility index (Phi) is 5.73. The molecule has 0 N–H and O–H groups in total. The molecular weight excluding hydrogens is 645 g/mol. The number of hydrogen-bond donors (Lipinski definition) is 0. The van der Waals surface area contributed by atoms with E-state index in [1.807, 2.05) is 11.8 Å². The van der Waals surface area contributed by atoms with Gasteiger partial charge in [-0.25, -0.2) is 0 Å². The van der Waals surface area contributed by atoms with E-state index >= 15 is 0 Å². The maximum Gasteiger partial charge on any atom is 0.0725 e. The molecule has 0 saturated carbocycles. The molecule has 0 saturated heterocycles. The van der Waals surface area contributed by atoms with Gasteiger partial charge in [0.1, 0.15) is 0 Å². The molecule has 1 unspecified atom stereocenters. The van der Waals surface area contributed by atoms with E-state index in [4.69, 9.17) is 0 Å². The predicted octanol–water partition coefficient (Wildman–Crippen LogP) is 13.8. The van der Waals surface area contributed by atoms with E-state index in [1.54, 1.807) is 0 Å². The smallest absolute Gasteiger partial charge is 0.0725 e. The Morgan fingerprint density at radius 1 is 0.308 bits per heavy atom. The molecule has 0 aromatic heterocycles. The van der Waals surface area contributed by atoms with E-state index in [2.05, 4.69) is 182 Å². The summed E-state index contributed by atoms with van der Waals surface area (Å²) in [6, 6.07) is 68.5. The molecule has 12 rings (SSSR count). The lowest BCUT2D eigenvalue weighted by Crippen LogP contribution is -2.31. The van der Waals surface area contributed by atoms with Gasteiger partial charge in [0.15, 0.2) is 0 Å². The second kappa shape index (κ2) is 10.4. The zero-order valence-electron chi connectivity index (χ0n) is 28.2. The van der Waals surface area contributed by atoms with Crippen molar-refractivity contribution >= 4 is 33.3 Å². The van der Waals surface area contributed by atoms with Gasteiger partial charge in [-0.1, -0.05) is 176 Å². The quantitative estimate of drug-likeness (QED) is 0.176. The highest BCUT2D eigenvalue weighted by molar-refractivity contribution is 7.99. The summed E-state index contributed by atoms with van der Waals surface area (Å²) < 4.78 is 0. The zero-order chi connectivity index (χ0) is 34.0. The maximum atomic E-state index is 2.49. The van der Waals surface area contributed by atoms with Gasteiger partial charge in [-0.15, -0.1) is 0 Å². The number of fused-ring (bicyclic) bond motifs is 11. The van der Waals surface area contributed by atoms with Crippen LogP contribution in [0.2, 0.25) is 0 Å². The van der Waals surface area contributed by atoms with Gasteiger partial charge in [0, 0.05) is 15.2 Å². The summed E-state index contributed by atoms with van der Waals surface area (Å²) in [5.74, 6) is 0. The van der Waals surface area contributed by atoms with Crippen molar-refractivity contribution in [2.24, 2.45) is 0 Å². The van der Waals surface area contributed by atoms with Crippen molar-refractivity contribution < 1.29 is 0 Å². The molecular formula is C51H30S. The van der Waals surface area contributed by atoms with Gasteiger partial charge in [0.05, 0.1) is 5.41 Å². The lowest BCUT2D eigenvalue weighted by molar-refractivity contribution is 0.774. The molecule has 1 heterocycles. The summed E-state index contributed by atoms with van der Waals surface area (Å²) in [5, 5.41) is 5.33. The fourth-order valence-corrected chi connectivity index (χ4v) is 10.9. The summed E-state index contributed by atoms with van der Waals surface area (Å²) in [7, 11) is 0. The monoisotopic (exact) mass is 674 g/mol. The van der Waals surface area contributed by atoms with Crippen molar-refractivity contribution in [1.29, 1.82) is 0 Å². The molecule has 1 heteroatoms. The van der Waals surface area contributed by atoms with Crippen LogP contribution in [-0.2, 0) is 5.41 Å². The van der Waals surface area contributed by atoms with E-state index in [-0.39, 0.29) is 0 Å². The average Bonchev–Trinajstić information content (AvgIpc) is 3.50. The lowest BCUT2D eigenvalue weighted by Gasteiger charge is -2.40. The van der Waals surface area contributed by atoms with Crippen LogP contribution in [0.3, 0.4) is 0 Å². The van der Waals surface area contributed by atoms with E-state index in [9.17, 15) is 0 Å². The average molecular weight is 675 g/mol. The summed E-state index contributed by atoms with van der Waals surface area (Å²) in [6.07, 6.45) is 0. The lowest BCUT2D eigenvalue weighted by atomic mass is 9.61.